The van der Waals surface area contributed by atoms with Crippen LogP contribution in [0.5, 0.6) is 5.75 Å². The van der Waals surface area contributed by atoms with E-state index in [-0.39, 0.29) is 29.5 Å². The van der Waals surface area contributed by atoms with Crippen LogP contribution < -0.4 is 10.1 Å². The van der Waals surface area contributed by atoms with Gasteiger partial charge in [-0.15, -0.1) is 0 Å². The molecule has 0 spiro atoms. The molecule has 8 nitrogen and oxygen atoms in total. The molecule has 1 aliphatic heterocycles. The van der Waals surface area contributed by atoms with E-state index in [2.05, 4.69) is 19.2 Å². The number of carbonyl (C=O) groups excluding carboxylic acids is 1. The molecular formula is C20H33N3O5S. The highest BCUT2D eigenvalue weighted by Gasteiger charge is 2.27. The lowest BCUT2D eigenvalue weighted by atomic mass is 10.2. The summed E-state index contributed by atoms with van der Waals surface area (Å²) in [6.45, 7) is 9.45. The predicted octanol–water partition coefficient (Wildman–Crippen LogP) is 2.16. The number of likely N-dealkylation sites (N-methyl/N-ethyl adjacent to an activating group) is 1. The van der Waals surface area contributed by atoms with Gasteiger partial charge in [-0.1, -0.05) is 6.92 Å². The summed E-state index contributed by atoms with van der Waals surface area (Å²) in [7, 11) is -1.78. The molecule has 1 heterocycles. The van der Waals surface area contributed by atoms with Crippen LogP contribution in [0.2, 0.25) is 0 Å². The Hall–Kier alpha value is -1.68. The lowest BCUT2D eigenvalue weighted by Crippen LogP contribution is -2.40. The Morgan fingerprint density at radius 2 is 1.93 bits per heavy atom. The predicted molar refractivity (Wildman–Crippen MR) is 113 cm³/mol. The zero-order chi connectivity index (χ0) is 21.6. The summed E-state index contributed by atoms with van der Waals surface area (Å²) in [5.74, 6) is 0.225. The minimum Gasteiger partial charge on any atom is -0.489 e. The molecule has 1 unspecified atom stereocenters. The summed E-state index contributed by atoms with van der Waals surface area (Å²) in [6, 6.07) is 4.86. The van der Waals surface area contributed by atoms with Crippen molar-refractivity contribution in [1.29, 1.82) is 0 Å². The van der Waals surface area contributed by atoms with E-state index in [0.717, 1.165) is 6.42 Å². The summed E-state index contributed by atoms with van der Waals surface area (Å²) >= 11 is 0. The summed E-state index contributed by atoms with van der Waals surface area (Å²) in [4.78, 5) is 14.6. The van der Waals surface area contributed by atoms with Crippen molar-refractivity contribution in [3.05, 3.63) is 18.2 Å². The Bertz CT molecular complexity index is 791. The van der Waals surface area contributed by atoms with Gasteiger partial charge in [0.25, 0.3) is 0 Å². The second-order valence-corrected chi connectivity index (χ2v) is 9.50. The fourth-order valence-electron chi connectivity index (χ4n) is 2.94. The van der Waals surface area contributed by atoms with Gasteiger partial charge in [0.1, 0.15) is 5.75 Å². The number of ether oxygens (including phenoxy) is 2. The van der Waals surface area contributed by atoms with Crippen LogP contribution in [0.4, 0.5) is 5.69 Å². The zero-order valence-electron chi connectivity index (χ0n) is 18.0. The van der Waals surface area contributed by atoms with Gasteiger partial charge in [-0.2, -0.15) is 4.31 Å². The van der Waals surface area contributed by atoms with Gasteiger partial charge in [0.2, 0.25) is 15.9 Å². The van der Waals surface area contributed by atoms with E-state index < -0.39 is 10.0 Å². The molecule has 2 rings (SSSR count). The highest BCUT2D eigenvalue weighted by molar-refractivity contribution is 7.89. The minimum atomic E-state index is -3.67. The molecular weight excluding hydrogens is 394 g/mol. The van der Waals surface area contributed by atoms with Gasteiger partial charge < -0.3 is 14.8 Å². The molecule has 0 aromatic heterocycles. The summed E-state index contributed by atoms with van der Waals surface area (Å²) < 4.78 is 38.4. The number of rotatable bonds is 9. The van der Waals surface area contributed by atoms with Crippen LogP contribution in [-0.2, 0) is 19.6 Å². The second-order valence-electron chi connectivity index (χ2n) is 7.56. The van der Waals surface area contributed by atoms with Gasteiger partial charge in [0, 0.05) is 19.1 Å². The van der Waals surface area contributed by atoms with Crippen molar-refractivity contribution in [3.8, 4) is 5.75 Å². The van der Waals surface area contributed by atoms with E-state index >= 15 is 0 Å². The fraction of sp³-hybridized carbons (Fsp3) is 0.650. The van der Waals surface area contributed by atoms with Crippen LogP contribution in [0, 0.1) is 0 Å². The molecule has 0 saturated carbocycles. The molecule has 1 fully saturated rings. The average Bonchev–Trinajstić information content (AvgIpc) is 2.68. The Labute approximate surface area is 174 Å². The van der Waals surface area contributed by atoms with E-state index in [0.29, 0.717) is 37.7 Å². The molecule has 0 bridgehead atoms. The number of hydrogen-bond donors (Lipinski definition) is 1. The van der Waals surface area contributed by atoms with Crippen LogP contribution in [0.3, 0.4) is 0 Å². The standard InChI is InChI=1S/C20H33N3O5S/c1-6-16(4)22(5)14-20(24)21-18-13-17(7-8-19(18)28-15(2)3)29(25,26)23-9-11-27-12-10-23/h7-8,13,15-16H,6,9-12,14H2,1-5H3,(H,21,24). The van der Waals surface area contributed by atoms with Crippen LogP contribution in [0.15, 0.2) is 23.1 Å². The Kier molecular flexibility index (Phi) is 8.45. The molecule has 9 heteroatoms. The Morgan fingerprint density at radius 3 is 2.52 bits per heavy atom. The maximum absolute atomic E-state index is 13.0. The third-order valence-corrected chi connectivity index (χ3v) is 6.83. The van der Waals surface area contributed by atoms with Gasteiger partial charge in [0.15, 0.2) is 0 Å². The summed E-state index contributed by atoms with van der Waals surface area (Å²) in [5, 5.41) is 2.83. The molecule has 1 N–H and O–H groups in total. The molecule has 1 saturated heterocycles. The Morgan fingerprint density at radius 1 is 1.28 bits per heavy atom. The largest absolute Gasteiger partial charge is 0.489 e. The monoisotopic (exact) mass is 427 g/mol. The average molecular weight is 428 g/mol. The van der Waals surface area contributed by atoms with Crippen molar-refractivity contribution in [2.24, 2.45) is 0 Å². The number of nitrogens with one attached hydrogen (secondary N) is 1. The molecule has 1 aliphatic rings. The molecule has 29 heavy (non-hydrogen) atoms. The van der Waals surface area contributed by atoms with Crippen LogP contribution >= 0.6 is 0 Å². The second kappa shape index (κ2) is 10.4. The van der Waals surface area contributed by atoms with Gasteiger partial charge in [-0.25, -0.2) is 8.42 Å². The number of benzene rings is 1. The van der Waals surface area contributed by atoms with Crippen molar-refractivity contribution in [1.82, 2.24) is 9.21 Å². The van der Waals surface area contributed by atoms with Crippen molar-refractivity contribution in [2.45, 2.75) is 51.2 Å². The maximum Gasteiger partial charge on any atom is 0.243 e. The number of carbonyl (C=O) groups is 1. The first-order valence-corrected chi connectivity index (χ1v) is 11.5. The zero-order valence-corrected chi connectivity index (χ0v) is 18.8. The maximum atomic E-state index is 13.0. The number of sulfonamides is 1. The third-order valence-electron chi connectivity index (χ3n) is 4.93. The summed E-state index contributed by atoms with van der Waals surface area (Å²) in [5.41, 5.74) is 0.357. The molecule has 1 aromatic carbocycles. The van der Waals surface area contributed by atoms with E-state index in [9.17, 15) is 13.2 Å². The first-order valence-electron chi connectivity index (χ1n) is 10.0. The topological polar surface area (TPSA) is 88.2 Å². The van der Waals surface area contributed by atoms with Gasteiger partial charge >= 0.3 is 0 Å². The molecule has 0 aliphatic carbocycles. The third kappa shape index (κ3) is 6.40. The number of hydrogen-bond acceptors (Lipinski definition) is 6. The van der Waals surface area contributed by atoms with Crippen molar-refractivity contribution >= 4 is 21.6 Å². The number of anilines is 1. The molecule has 1 amide bonds. The summed E-state index contributed by atoms with van der Waals surface area (Å²) in [6.07, 6.45) is 0.814. The van der Waals surface area contributed by atoms with E-state index in [1.807, 2.05) is 25.8 Å². The van der Waals surface area contributed by atoms with Gasteiger partial charge in [0.05, 0.1) is 36.4 Å². The van der Waals surface area contributed by atoms with E-state index in [4.69, 9.17) is 9.47 Å². The quantitative estimate of drug-likeness (QED) is 0.650. The van der Waals surface area contributed by atoms with Crippen molar-refractivity contribution in [3.63, 3.8) is 0 Å². The Balaban J connectivity index is 2.27. The van der Waals surface area contributed by atoms with Gasteiger partial charge in [-0.3, -0.25) is 9.69 Å². The van der Waals surface area contributed by atoms with Crippen LogP contribution in [0.25, 0.3) is 0 Å². The highest BCUT2D eigenvalue weighted by Crippen LogP contribution is 2.30. The van der Waals surface area contributed by atoms with E-state index in [1.165, 1.54) is 16.4 Å². The number of nitrogens with zero attached hydrogens (tertiary/aromatic N) is 2. The lowest BCUT2D eigenvalue weighted by molar-refractivity contribution is -0.117. The van der Waals surface area contributed by atoms with E-state index in [1.54, 1.807) is 6.07 Å². The molecule has 164 valence electrons. The normalized spacial score (nSPS) is 16.8. The first kappa shape index (κ1) is 23.6. The minimum absolute atomic E-state index is 0.116. The van der Waals surface area contributed by atoms with Crippen molar-refractivity contribution < 1.29 is 22.7 Å². The first-order chi connectivity index (χ1) is 13.6. The molecule has 1 aromatic rings. The van der Waals surface area contributed by atoms with Crippen LogP contribution in [0.1, 0.15) is 34.1 Å². The fourth-order valence-corrected chi connectivity index (χ4v) is 4.38. The SMILES string of the molecule is CCC(C)N(C)CC(=O)Nc1cc(S(=O)(=O)N2CCOCC2)ccc1OC(C)C. The smallest absolute Gasteiger partial charge is 0.243 e. The van der Waals surface area contributed by atoms with Crippen LogP contribution in [-0.4, -0.2) is 75.6 Å². The van der Waals surface area contributed by atoms with Gasteiger partial charge in [-0.05, 0) is 52.4 Å². The lowest BCUT2D eigenvalue weighted by Gasteiger charge is -2.26. The number of amides is 1. The molecule has 0 radical (unpaired) electrons. The highest BCUT2D eigenvalue weighted by atomic mass is 32.2. The molecule has 1 atom stereocenters. The number of morpholine rings is 1. The van der Waals surface area contributed by atoms with Crippen molar-refractivity contribution in [2.75, 3.05) is 45.2 Å².